The number of carbonyl (C=O) groups excluding carboxylic acids is 2. The number of piperidine rings is 3. The summed E-state index contributed by atoms with van der Waals surface area (Å²) in [5.41, 5.74) is 6.68. The SMILES string of the molecule is CO/N=C(\C(=O)N[C@@H]1C(=O)N2C(C(=O)O)=C(C[N+]34CCC(C)(CC3)CC4)CS[C@H]12)c1nsc(N)n1. The molecular weight excluding hydrogens is 494 g/mol. The first-order chi connectivity index (χ1) is 16.7. The molecule has 2 atom stereocenters. The minimum atomic E-state index is -1.11. The Bertz CT molecular complexity index is 1120. The van der Waals surface area contributed by atoms with E-state index >= 15 is 0 Å². The van der Waals surface area contributed by atoms with E-state index in [0.29, 0.717) is 17.7 Å². The van der Waals surface area contributed by atoms with Gasteiger partial charge in [-0.3, -0.25) is 14.5 Å². The lowest BCUT2D eigenvalue weighted by Gasteiger charge is -2.55. The van der Waals surface area contributed by atoms with Crippen LogP contribution >= 0.6 is 23.3 Å². The maximum Gasteiger partial charge on any atom is 0.352 e. The van der Waals surface area contributed by atoms with Gasteiger partial charge < -0.3 is 25.5 Å². The number of hydrogen-bond donors (Lipinski definition) is 3. The van der Waals surface area contributed by atoms with Gasteiger partial charge >= 0.3 is 5.97 Å². The molecule has 6 heterocycles. The second-order valence-corrected chi connectivity index (χ2v) is 11.8. The van der Waals surface area contributed by atoms with Crippen LogP contribution in [0.5, 0.6) is 0 Å². The third-order valence-corrected chi connectivity index (χ3v) is 9.57. The molecule has 0 radical (unpaired) electrons. The Hall–Kier alpha value is -2.71. The van der Waals surface area contributed by atoms with Crippen molar-refractivity contribution in [2.24, 2.45) is 10.6 Å². The van der Waals surface area contributed by atoms with Crippen LogP contribution in [-0.4, -0.2) is 97.8 Å². The van der Waals surface area contributed by atoms with Crippen molar-refractivity contribution in [2.75, 3.05) is 44.8 Å². The van der Waals surface area contributed by atoms with E-state index in [1.54, 1.807) is 0 Å². The molecule has 12 nitrogen and oxygen atoms in total. The summed E-state index contributed by atoms with van der Waals surface area (Å²) in [5, 5.41) is 16.0. The van der Waals surface area contributed by atoms with E-state index in [1.807, 2.05) is 0 Å². The highest BCUT2D eigenvalue weighted by molar-refractivity contribution is 8.00. The van der Waals surface area contributed by atoms with Crippen molar-refractivity contribution in [1.29, 1.82) is 0 Å². The maximum absolute atomic E-state index is 13.1. The number of fused-ring (bicyclic) bond motifs is 4. The molecule has 2 amide bonds. The Labute approximate surface area is 210 Å². The van der Waals surface area contributed by atoms with Gasteiger partial charge in [-0.15, -0.1) is 11.8 Å². The molecule has 0 aromatic carbocycles. The minimum absolute atomic E-state index is 0.00623. The number of amides is 2. The Morgan fingerprint density at radius 3 is 2.60 bits per heavy atom. The number of oxime groups is 1. The van der Waals surface area contributed by atoms with Crippen molar-refractivity contribution < 1.29 is 28.8 Å². The number of carboxylic acid groups (broad SMARTS) is 1. The van der Waals surface area contributed by atoms with Crippen molar-refractivity contribution in [1.82, 2.24) is 19.6 Å². The highest BCUT2D eigenvalue weighted by atomic mass is 32.2. The predicted octanol–water partition coefficient (Wildman–Crippen LogP) is 0.230. The van der Waals surface area contributed by atoms with E-state index < -0.39 is 29.2 Å². The first-order valence-electron chi connectivity index (χ1n) is 11.4. The molecule has 0 spiro atoms. The van der Waals surface area contributed by atoms with Gasteiger partial charge in [0.25, 0.3) is 11.8 Å². The van der Waals surface area contributed by atoms with E-state index in [2.05, 4.69) is 26.8 Å². The summed E-state index contributed by atoms with van der Waals surface area (Å²) in [6.45, 7) is 6.14. The normalized spacial score (nSPS) is 32.2. The third-order valence-electron chi connectivity index (χ3n) is 7.68. The number of β-lactam (4-membered cyclic amide) rings is 1. The number of nitrogens with zero attached hydrogens (tertiary/aromatic N) is 5. The van der Waals surface area contributed by atoms with Crippen LogP contribution in [-0.2, 0) is 19.2 Å². The zero-order valence-corrected chi connectivity index (χ0v) is 21.2. The van der Waals surface area contributed by atoms with E-state index in [1.165, 1.54) is 23.8 Å². The summed E-state index contributed by atoms with van der Waals surface area (Å²) in [7, 11) is 1.28. The molecule has 0 unspecified atom stereocenters. The second-order valence-electron chi connectivity index (χ2n) is 9.93. The van der Waals surface area contributed by atoms with Crippen LogP contribution in [0.2, 0.25) is 0 Å². The average molecular weight is 523 g/mol. The van der Waals surface area contributed by atoms with Gasteiger partial charge in [0.1, 0.15) is 30.8 Å². The second kappa shape index (κ2) is 8.75. The highest BCUT2D eigenvalue weighted by Crippen LogP contribution is 2.46. The number of carboxylic acids is 1. The summed E-state index contributed by atoms with van der Waals surface area (Å²) in [6, 6.07) is -0.890. The van der Waals surface area contributed by atoms with Crippen LogP contribution in [0.25, 0.3) is 0 Å². The predicted molar refractivity (Wildman–Crippen MR) is 129 cm³/mol. The number of aliphatic carboxylic acids is 1. The Balaban J connectivity index is 1.33. The van der Waals surface area contributed by atoms with Gasteiger partial charge in [-0.05, 0) is 5.41 Å². The van der Waals surface area contributed by atoms with Crippen molar-refractivity contribution in [3.8, 4) is 0 Å². The number of rotatable bonds is 7. The first kappa shape index (κ1) is 24.0. The van der Waals surface area contributed by atoms with Crippen LogP contribution in [0.1, 0.15) is 32.0 Å². The lowest BCUT2D eigenvalue weighted by molar-refractivity contribution is -0.941. The summed E-state index contributed by atoms with van der Waals surface area (Å²) in [5.74, 6) is -1.77. The molecule has 35 heavy (non-hydrogen) atoms. The number of carbonyl (C=O) groups is 3. The number of nitrogen functional groups attached to an aromatic ring is 1. The molecular formula is C21H28N7O5S2+. The molecule has 6 rings (SSSR count). The zero-order valence-electron chi connectivity index (χ0n) is 19.5. The number of nitrogens with one attached hydrogen (secondary N) is 1. The fourth-order valence-corrected chi connectivity index (χ4v) is 7.26. The molecule has 1 aromatic heterocycles. The zero-order chi connectivity index (χ0) is 25.0. The Kier molecular flexibility index (Phi) is 6.00. The van der Waals surface area contributed by atoms with Gasteiger partial charge in [-0.25, -0.2) is 4.79 Å². The van der Waals surface area contributed by atoms with Gasteiger partial charge in [0.15, 0.2) is 5.13 Å². The van der Waals surface area contributed by atoms with E-state index in [9.17, 15) is 19.5 Å². The highest BCUT2D eigenvalue weighted by Gasteiger charge is 2.56. The smallest absolute Gasteiger partial charge is 0.352 e. The fraction of sp³-hybridized carbons (Fsp3) is 0.619. The first-order valence-corrected chi connectivity index (χ1v) is 13.2. The topological polar surface area (TPSA) is 160 Å². The monoisotopic (exact) mass is 522 g/mol. The number of aromatic nitrogens is 2. The maximum atomic E-state index is 13.1. The van der Waals surface area contributed by atoms with Crippen LogP contribution in [0.4, 0.5) is 5.13 Å². The number of anilines is 1. The van der Waals surface area contributed by atoms with Crippen molar-refractivity contribution in [3.05, 3.63) is 17.1 Å². The van der Waals surface area contributed by atoms with Crippen molar-refractivity contribution in [3.63, 3.8) is 0 Å². The molecule has 4 saturated heterocycles. The number of nitrogens with two attached hydrogens (primary N) is 1. The average Bonchev–Trinajstić information content (AvgIpc) is 3.27. The molecule has 14 heteroatoms. The van der Waals surface area contributed by atoms with Gasteiger partial charge in [-0.2, -0.15) is 9.36 Å². The molecule has 5 aliphatic heterocycles. The molecule has 2 bridgehead atoms. The number of quaternary nitrogens is 1. The summed E-state index contributed by atoms with van der Waals surface area (Å²) in [6.07, 6.45) is 3.46. The van der Waals surface area contributed by atoms with Gasteiger partial charge in [-0.1, -0.05) is 12.1 Å². The lowest BCUT2D eigenvalue weighted by Crippen LogP contribution is -2.71. The van der Waals surface area contributed by atoms with Crippen LogP contribution < -0.4 is 11.1 Å². The molecule has 5 aliphatic rings. The van der Waals surface area contributed by atoms with Gasteiger partial charge in [0, 0.05) is 42.1 Å². The van der Waals surface area contributed by atoms with Gasteiger partial charge in [0.2, 0.25) is 11.5 Å². The fourth-order valence-electron chi connectivity index (χ4n) is 5.49. The summed E-state index contributed by atoms with van der Waals surface area (Å²) >= 11 is 2.37. The molecule has 0 aliphatic carbocycles. The molecule has 4 fully saturated rings. The van der Waals surface area contributed by atoms with Crippen LogP contribution in [0.15, 0.2) is 16.4 Å². The molecule has 1 aromatic rings. The minimum Gasteiger partial charge on any atom is -0.477 e. The van der Waals surface area contributed by atoms with E-state index in [0.717, 1.165) is 60.5 Å². The molecule has 4 N–H and O–H groups in total. The standard InChI is InChI=1S/C21H27N7O5S2/c1-21-3-6-28(7-4-21,8-5-21)9-11-10-34-18-13(17(30)27(18)14(11)19(31)32)23-16(29)12(25-33-2)15-24-20(22)35-26-15/h13,18H,3-10H2,1-2H3,(H3-,22,23,24,26,29,31,32)/p+1/b25-12-/t13-,18-,21?,28?/m1/s1. The molecule has 0 saturated carbocycles. The van der Waals surface area contributed by atoms with Crippen molar-refractivity contribution in [2.45, 2.75) is 37.6 Å². The largest absolute Gasteiger partial charge is 0.477 e. The van der Waals surface area contributed by atoms with Gasteiger partial charge in [0.05, 0.1) is 19.6 Å². The summed E-state index contributed by atoms with van der Waals surface area (Å²) in [4.78, 5) is 48.3. The Morgan fingerprint density at radius 1 is 1.34 bits per heavy atom. The van der Waals surface area contributed by atoms with E-state index in [-0.39, 0.29) is 22.4 Å². The lowest BCUT2D eigenvalue weighted by atomic mass is 9.72. The number of thioether (sulfide) groups is 1. The third kappa shape index (κ3) is 4.16. The van der Waals surface area contributed by atoms with E-state index in [4.69, 9.17) is 10.6 Å². The van der Waals surface area contributed by atoms with Crippen molar-refractivity contribution >= 4 is 51.9 Å². The Morgan fingerprint density at radius 2 is 2.03 bits per heavy atom. The summed E-state index contributed by atoms with van der Waals surface area (Å²) < 4.78 is 4.88. The quantitative estimate of drug-likeness (QED) is 0.197. The van der Waals surface area contributed by atoms with Crippen LogP contribution in [0, 0.1) is 5.41 Å². The van der Waals surface area contributed by atoms with Crippen LogP contribution in [0.3, 0.4) is 0 Å². The molecule has 188 valence electrons. The number of hydrogen-bond acceptors (Lipinski definition) is 10.